The SMILES string of the molecule is CCOC(=O)c1[nH]ccc1NCCOC(C(F)F)C(F)N(Cc1ccc(OC)cc1)Cc1ccc(OC)cc1. The number of rotatable bonds is 16. The van der Waals surface area contributed by atoms with E-state index in [1.54, 1.807) is 67.7 Å². The van der Waals surface area contributed by atoms with Gasteiger partial charge in [-0.2, -0.15) is 0 Å². The third kappa shape index (κ3) is 8.66. The van der Waals surface area contributed by atoms with Crippen molar-refractivity contribution in [2.24, 2.45) is 0 Å². The summed E-state index contributed by atoms with van der Waals surface area (Å²) in [6, 6.07) is 15.6. The number of aromatic nitrogens is 1. The van der Waals surface area contributed by atoms with Crippen LogP contribution in [0.4, 0.5) is 18.9 Å². The lowest BCUT2D eigenvalue weighted by molar-refractivity contribution is -0.136. The number of anilines is 1. The van der Waals surface area contributed by atoms with Gasteiger partial charge in [-0.05, 0) is 48.4 Å². The Morgan fingerprint density at radius 3 is 1.97 bits per heavy atom. The number of ether oxygens (including phenoxy) is 4. The minimum atomic E-state index is -3.07. The first kappa shape index (κ1) is 29.9. The zero-order valence-electron chi connectivity index (χ0n) is 22.2. The van der Waals surface area contributed by atoms with Crippen LogP contribution in [-0.2, 0) is 22.6 Å². The molecule has 0 spiro atoms. The number of hydrogen-bond acceptors (Lipinski definition) is 7. The highest BCUT2D eigenvalue weighted by molar-refractivity contribution is 5.93. The van der Waals surface area contributed by atoms with E-state index in [9.17, 15) is 13.6 Å². The van der Waals surface area contributed by atoms with Crippen molar-refractivity contribution in [3.8, 4) is 11.5 Å². The van der Waals surface area contributed by atoms with E-state index < -0.39 is 24.8 Å². The fraction of sp³-hybridized carbons (Fsp3) is 0.393. The number of H-pyrrole nitrogens is 1. The first-order chi connectivity index (χ1) is 18.9. The molecule has 212 valence electrons. The van der Waals surface area contributed by atoms with Crippen LogP contribution in [0.1, 0.15) is 28.5 Å². The second-order valence-corrected chi connectivity index (χ2v) is 8.56. The molecule has 0 saturated carbocycles. The predicted octanol–water partition coefficient (Wildman–Crippen LogP) is 5.27. The maximum absolute atomic E-state index is 15.8. The number of aromatic amines is 1. The molecule has 0 aliphatic rings. The third-order valence-corrected chi connectivity index (χ3v) is 5.91. The predicted molar refractivity (Wildman–Crippen MR) is 141 cm³/mol. The van der Waals surface area contributed by atoms with Crippen molar-refractivity contribution in [2.75, 3.05) is 39.3 Å². The maximum Gasteiger partial charge on any atom is 0.356 e. The van der Waals surface area contributed by atoms with Crippen molar-refractivity contribution in [1.29, 1.82) is 0 Å². The van der Waals surface area contributed by atoms with Crippen LogP contribution < -0.4 is 14.8 Å². The van der Waals surface area contributed by atoms with Crippen LogP contribution in [0.25, 0.3) is 0 Å². The summed E-state index contributed by atoms with van der Waals surface area (Å²) < 4.78 is 64.5. The quantitative estimate of drug-likeness (QED) is 0.143. The molecule has 2 aromatic carbocycles. The smallest absolute Gasteiger partial charge is 0.356 e. The van der Waals surface area contributed by atoms with E-state index in [4.69, 9.17) is 18.9 Å². The molecule has 0 aliphatic heterocycles. The van der Waals surface area contributed by atoms with E-state index in [1.807, 2.05) is 0 Å². The number of methoxy groups -OCH3 is 2. The molecule has 0 radical (unpaired) electrons. The molecule has 0 amide bonds. The van der Waals surface area contributed by atoms with Crippen LogP contribution in [0.15, 0.2) is 60.8 Å². The molecule has 0 fully saturated rings. The van der Waals surface area contributed by atoms with Crippen LogP contribution in [0, 0.1) is 0 Å². The molecule has 2 unspecified atom stereocenters. The van der Waals surface area contributed by atoms with E-state index >= 15 is 4.39 Å². The number of halogens is 3. The molecule has 3 rings (SSSR count). The van der Waals surface area contributed by atoms with Gasteiger partial charge in [0.15, 0.2) is 12.4 Å². The number of carbonyl (C=O) groups excluding carboxylic acids is 1. The average molecular weight is 550 g/mol. The average Bonchev–Trinajstić information content (AvgIpc) is 3.42. The first-order valence-electron chi connectivity index (χ1n) is 12.5. The Kier molecular flexibility index (Phi) is 11.5. The number of hydrogen-bond donors (Lipinski definition) is 2. The van der Waals surface area contributed by atoms with Crippen molar-refractivity contribution in [3.05, 3.63) is 77.6 Å². The van der Waals surface area contributed by atoms with Gasteiger partial charge < -0.3 is 29.2 Å². The van der Waals surface area contributed by atoms with Crippen molar-refractivity contribution < 1.29 is 36.9 Å². The minimum absolute atomic E-state index is 0.0638. The van der Waals surface area contributed by atoms with Crippen molar-refractivity contribution in [1.82, 2.24) is 9.88 Å². The standard InChI is InChI=1S/C28H34F3N3O5/c1-4-38-28(35)24-23(13-14-33-24)32-15-16-39-25(26(29)30)27(31)34(17-19-5-9-21(36-2)10-6-19)18-20-7-11-22(37-3)12-8-20/h5-14,25-27,32-33H,4,15-18H2,1-3H3. The highest BCUT2D eigenvalue weighted by Crippen LogP contribution is 2.24. The van der Waals surface area contributed by atoms with Crippen LogP contribution in [0.2, 0.25) is 0 Å². The normalized spacial score (nSPS) is 12.8. The monoisotopic (exact) mass is 549 g/mol. The van der Waals surface area contributed by atoms with Gasteiger partial charge in [-0.25, -0.2) is 18.0 Å². The Morgan fingerprint density at radius 1 is 0.923 bits per heavy atom. The molecule has 0 bridgehead atoms. The van der Waals surface area contributed by atoms with Gasteiger partial charge in [0.2, 0.25) is 0 Å². The van der Waals surface area contributed by atoms with Crippen LogP contribution >= 0.6 is 0 Å². The molecule has 2 atom stereocenters. The van der Waals surface area contributed by atoms with Crippen molar-refractivity contribution in [3.63, 3.8) is 0 Å². The second kappa shape index (κ2) is 15.0. The van der Waals surface area contributed by atoms with E-state index in [-0.39, 0.29) is 38.5 Å². The minimum Gasteiger partial charge on any atom is -0.497 e. The van der Waals surface area contributed by atoms with Crippen LogP contribution in [-0.4, -0.2) is 68.7 Å². The van der Waals surface area contributed by atoms with Gasteiger partial charge in [0.1, 0.15) is 17.2 Å². The first-order valence-corrected chi connectivity index (χ1v) is 12.5. The summed E-state index contributed by atoms with van der Waals surface area (Å²) in [6.07, 6.45) is -5.64. The largest absolute Gasteiger partial charge is 0.497 e. The number of esters is 1. The zero-order chi connectivity index (χ0) is 28.2. The molecular formula is C28H34F3N3O5. The van der Waals surface area contributed by atoms with Crippen molar-refractivity contribution >= 4 is 11.7 Å². The highest BCUT2D eigenvalue weighted by Gasteiger charge is 2.35. The summed E-state index contributed by atoms with van der Waals surface area (Å²) in [5, 5.41) is 2.93. The number of nitrogens with zero attached hydrogens (tertiary/aromatic N) is 1. The lowest BCUT2D eigenvalue weighted by Gasteiger charge is -2.31. The Balaban J connectivity index is 1.69. The summed E-state index contributed by atoms with van der Waals surface area (Å²) in [4.78, 5) is 16.1. The molecule has 8 nitrogen and oxygen atoms in total. The Morgan fingerprint density at radius 2 is 1.49 bits per heavy atom. The van der Waals surface area contributed by atoms with Crippen molar-refractivity contribution in [2.45, 2.75) is 38.8 Å². The Bertz CT molecular complexity index is 1090. The third-order valence-electron chi connectivity index (χ3n) is 5.91. The number of carbonyl (C=O) groups is 1. The maximum atomic E-state index is 15.8. The Labute approximate surface area is 226 Å². The zero-order valence-corrected chi connectivity index (χ0v) is 22.2. The summed E-state index contributed by atoms with van der Waals surface area (Å²) in [5.41, 5.74) is 2.08. The van der Waals surface area contributed by atoms with Gasteiger partial charge in [0.25, 0.3) is 6.43 Å². The van der Waals surface area contributed by atoms with Gasteiger partial charge in [-0.3, -0.25) is 4.90 Å². The van der Waals surface area contributed by atoms with Gasteiger partial charge in [0.05, 0.1) is 33.1 Å². The number of alkyl halides is 3. The fourth-order valence-corrected chi connectivity index (χ4v) is 3.91. The topological polar surface area (TPSA) is 85.1 Å². The molecule has 0 saturated heterocycles. The second-order valence-electron chi connectivity index (χ2n) is 8.56. The summed E-state index contributed by atoms with van der Waals surface area (Å²) >= 11 is 0. The molecule has 0 aliphatic carbocycles. The van der Waals surface area contributed by atoms with Gasteiger partial charge in [-0.1, -0.05) is 24.3 Å². The van der Waals surface area contributed by atoms with E-state index in [0.29, 0.717) is 17.2 Å². The van der Waals surface area contributed by atoms with E-state index in [0.717, 1.165) is 11.1 Å². The van der Waals surface area contributed by atoms with Gasteiger partial charge in [-0.15, -0.1) is 0 Å². The molecule has 3 aromatic rings. The Hall–Kier alpha value is -3.70. The molecule has 11 heteroatoms. The van der Waals surface area contributed by atoms with Gasteiger partial charge in [0, 0.05) is 25.8 Å². The highest BCUT2D eigenvalue weighted by atomic mass is 19.3. The van der Waals surface area contributed by atoms with Crippen LogP contribution in [0.3, 0.4) is 0 Å². The number of nitrogens with one attached hydrogen (secondary N) is 2. The fourth-order valence-electron chi connectivity index (χ4n) is 3.91. The van der Waals surface area contributed by atoms with E-state index in [1.165, 1.54) is 19.1 Å². The van der Waals surface area contributed by atoms with E-state index in [2.05, 4.69) is 10.3 Å². The summed E-state index contributed by atoms with van der Waals surface area (Å²) in [6.45, 7) is 1.87. The van der Waals surface area contributed by atoms with Gasteiger partial charge >= 0.3 is 5.97 Å². The molecule has 39 heavy (non-hydrogen) atoms. The molecule has 2 N–H and O–H groups in total. The number of benzene rings is 2. The van der Waals surface area contributed by atoms with Crippen LogP contribution in [0.5, 0.6) is 11.5 Å². The molecule has 1 heterocycles. The lowest BCUT2D eigenvalue weighted by atomic mass is 10.1. The molecular weight excluding hydrogens is 515 g/mol. The molecule has 1 aromatic heterocycles. The summed E-state index contributed by atoms with van der Waals surface area (Å²) in [7, 11) is 3.07. The lowest BCUT2D eigenvalue weighted by Crippen LogP contribution is -2.45. The summed E-state index contributed by atoms with van der Waals surface area (Å²) in [5.74, 6) is 0.715.